The molecule has 4 aliphatic rings. The number of ether oxygens (including phenoxy) is 1. The topological polar surface area (TPSA) is 59.0 Å². The lowest BCUT2D eigenvalue weighted by molar-refractivity contribution is -0.141. The Morgan fingerprint density at radius 1 is 1.06 bits per heavy atom. The quantitative estimate of drug-likeness (QED) is 0.245. The molecule has 2 saturated carbocycles. The lowest BCUT2D eigenvalue weighted by Crippen LogP contribution is -2.30. The zero-order chi connectivity index (χ0) is 22.9. The van der Waals surface area contributed by atoms with Crippen LogP contribution in [0.4, 0.5) is 0 Å². The fourth-order valence-corrected chi connectivity index (χ4v) is 7.50. The number of rotatable bonds is 5. The van der Waals surface area contributed by atoms with Crippen molar-refractivity contribution in [1.29, 1.82) is 0 Å². The molecule has 3 aliphatic carbocycles. The van der Waals surface area contributed by atoms with Crippen LogP contribution in [0.15, 0.2) is 62.6 Å². The second-order valence-corrected chi connectivity index (χ2v) is 11.3. The van der Waals surface area contributed by atoms with Crippen molar-refractivity contribution < 1.29 is 14.3 Å². The predicted molar refractivity (Wildman–Crippen MR) is 132 cm³/mol. The molecule has 168 valence electrons. The number of amides is 2. The first-order valence-corrected chi connectivity index (χ1v) is 12.8. The fourth-order valence-electron chi connectivity index (χ4n) is 5.86. The lowest BCUT2D eigenvalue weighted by atomic mass is 9.85. The summed E-state index contributed by atoms with van der Waals surface area (Å²) in [4.78, 5) is 26.1. The summed E-state index contributed by atoms with van der Waals surface area (Å²) >= 11 is 13.3. The molecule has 1 spiro atoms. The summed E-state index contributed by atoms with van der Waals surface area (Å²) < 4.78 is 7.40. The van der Waals surface area contributed by atoms with Gasteiger partial charge in [0.05, 0.1) is 27.0 Å². The fraction of sp³-hybridized carbons (Fsp3) is 0.320. The van der Waals surface area contributed by atoms with Crippen molar-refractivity contribution in [2.45, 2.75) is 19.4 Å². The summed E-state index contributed by atoms with van der Waals surface area (Å²) in [6, 6.07) is 11.2. The summed E-state index contributed by atoms with van der Waals surface area (Å²) in [6.45, 7) is 0.321. The lowest BCUT2D eigenvalue weighted by Gasteiger charge is -2.18. The van der Waals surface area contributed by atoms with E-state index in [1.54, 1.807) is 6.21 Å². The number of benzene rings is 2. The van der Waals surface area contributed by atoms with Gasteiger partial charge in [-0.25, -0.2) is 0 Å². The number of carbonyl (C=O) groups is 2. The SMILES string of the molecule is O=C1[C@@H]2[C@@H](C(=O)N1/N=C\c1cc(Br)c(OCc3ccccc3Cl)c(Br)c1)[C@H]1C=C[C@H]2C12CC2. The molecule has 0 N–H and O–H groups in total. The predicted octanol–water partition coefficient (Wildman–Crippen LogP) is 5.98. The molecule has 0 radical (unpaired) electrons. The highest BCUT2D eigenvalue weighted by Crippen LogP contribution is 2.73. The maximum Gasteiger partial charge on any atom is 0.254 e. The van der Waals surface area contributed by atoms with E-state index in [1.807, 2.05) is 36.4 Å². The smallest absolute Gasteiger partial charge is 0.254 e. The van der Waals surface area contributed by atoms with E-state index < -0.39 is 0 Å². The van der Waals surface area contributed by atoms with Crippen molar-refractivity contribution in [3.63, 3.8) is 0 Å². The Kier molecular flexibility index (Phi) is 5.09. The maximum absolute atomic E-state index is 13.1. The summed E-state index contributed by atoms with van der Waals surface area (Å²) in [7, 11) is 0. The van der Waals surface area contributed by atoms with Gasteiger partial charge in [0.25, 0.3) is 11.8 Å². The molecule has 2 aromatic carbocycles. The first-order chi connectivity index (χ1) is 15.9. The van der Waals surface area contributed by atoms with E-state index in [2.05, 4.69) is 49.1 Å². The molecular weight excluding hydrogens is 572 g/mol. The highest BCUT2D eigenvalue weighted by atomic mass is 79.9. The molecule has 2 aromatic rings. The van der Waals surface area contributed by atoms with Gasteiger partial charge in [0, 0.05) is 10.6 Å². The number of carbonyl (C=O) groups excluding carboxylic acids is 2. The number of hydrogen-bond donors (Lipinski definition) is 0. The third kappa shape index (κ3) is 3.27. The van der Waals surface area contributed by atoms with E-state index >= 15 is 0 Å². The molecule has 8 heteroatoms. The Bertz CT molecular complexity index is 1200. The number of allylic oxidation sites excluding steroid dienone is 2. The zero-order valence-corrected chi connectivity index (χ0v) is 21.3. The largest absolute Gasteiger partial charge is 0.486 e. The van der Waals surface area contributed by atoms with Gasteiger partial charge in [0.1, 0.15) is 12.4 Å². The minimum Gasteiger partial charge on any atom is -0.486 e. The highest BCUT2D eigenvalue weighted by Gasteiger charge is 2.73. The van der Waals surface area contributed by atoms with E-state index in [1.165, 1.54) is 0 Å². The molecule has 1 heterocycles. The average Bonchev–Trinajstić information content (AvgIpc) is 3.38. The first kappa shape index (κ1) is 21.6. The third-order valence-electron chi connectivity index (χ3n) is 7.50. The van der Waals surface area contributed by atoms with E-state index in [0.717, 1.165) is 37.9 Å². The van der Waals surface area contributed by atoms with Gasteiger partial charge in [-0.3, -0.25) is 9.59 Å². The Balaban J connectivity index is 1.19. The number of imide groups is 1. The summed E-state index contributed by atoms with van der Waals surface area (Å²) in [5.74, 6) is 0.207. The van der Waals surface area contributed by atoms with Gasteiger partial charge in [0.15, 0.2) is 0 Å². The van der Waals surface area contributed by atoms with Gasteiger partial charge in [-0.1, -0.05) is 42.0 Å². The van der Waals surface area contributed by atoms with Crippen molar-refractivity contribution in [2.75, 3.05) is 0 Å². The Labute approximate surface area is 213 Å². The van der Waals surface area contributed by atoms with Gasteiger partial charge in [0.2, 0.25) is 0 Å². The monoisotopic (exact) mass is 588 g/mol. The average molecular weight is 591 g/mol. The minimum absolute atomic E-state index is 0.165. The molecule has 2 amide bonds. The van der Waals surface area contributed by atoms with Crippen LogP contribution in [-0.2, 0) is 16.2 Å². The van der Waals surface area contributed by atoms with Gasteiger partial charge in [-0.15, -0.1) is 0 Å². The van der Waals surface area contributed by atoms with Crippen LogP contribution in [0.1, 0.15) is 24.0 Å². The Morgan fingerprint density at radius 3 is 2.24 bits per heavy atom. The van der Waals surface area contributed by atoms with Crippen LogP contribution in [0, 0.1) is 29.1 Å². The molecular formula is C25H19Br2ClN2O3. The van der Waals surface area contributed by atoms with E-state index in [0.29, 0.717) is 17.4 Å². The molecule has 0 unspecified atom stereocenters. The van der Waals surface area contributed by atoms with E-state index in [4.69, 9.17) is 16.3 Å². The van der Waals surface area contributed by atoms with Crippen molar-refractivity contribution in [3.8, 4) is 5.75 Å². The van der Waals surface area contributed by atoms with Crippen molar-refractivity contribution in [3.05, 3.63) is 73.6 Å². The Hall–Kier alpha value is -1.96. The first-order valence-electron chi connectivity index (χ1n) is 10.9. The second kappa shape index (κ2) is 7.79. The molecule has 4 atom stereocenters. The minimum atomic E-state index is -0.244. The van der Waals surface area contributed by atoms with Gasteiger partial charge in [-0.05, 0) is 85.7 Å². The maximum atomic E-state index is 13.1. The third-order valence-corrected chi connectivity index (χ3v) is 9.05. The molecule has 6 rings (SSSR count). The van der Waals surface area contributed by atoms with Crippen LogP contribution >= 0.6 is 43.5 Å². The molecule has 1 saturated heterocycles. The van der Waals surface area contributed by atoms with Crippen LogP contribution in [-0.4, -0.2) is 23.0 Å². The number of nitrogens with zero attached hydrogens (tertiary/aromatic N) is 2. The zero-order valence-electron chi connectivity index (χ0n) is 17.4. The summed E-state index contributed by atoms with van der Waals surface area (Å²) in [5, 5.41) is 6.03. The van der Waals surface area contributed by atoms with Crippen molar-refractivity contribution >= 4 is 61.5 Å². The van der Waals surface area contributed by atoms with Gasteiger partial charge < -0.3 is 4.74 Å². The molecule has 2 bridgehead atoms. The highest BCUT2D eigenvalue weighted by molar-refractivity contribution is 9.11. The van der Waals surface area contributed by atoms with Crippen LogP contribution in [0.3, 0.4) is 0 Å². The van der Waals surface area contributed by atoms with Crippen LogP contribution in [0.2, 0.25) is 5.02 Å². The van der Waals surface area contributed by atoms with Gasteiger partial charge in [-0.2, -0.15) is 10.1 Å². The van der Waals surface area contributed by atoms with Crippen LogP contribution < -0.4 is 4.74 Å². The molecule has 5 nitrogen and oxygen atoms in total. The number of hydrogen-bond acceptors (Lipinski definition) is 4. The summed E-state index contributed by atoms with van der Waals surface area (Å²) in [5.41, 5.74) is 1.80. The molecule has 3 fully saturated rings. The Morgan fingerprint density at radius 2 is 1.67 bits per heavy atom. The van der Waals surface area contributed by atoms with Crippen LogP contribution in [0.5, 0.6) is 5.75 Å². The molecule has 33 heavy (non-hydrogen) atoms. The van der Waals surface area contributed by atoms with Gasteiger partial charge >= 0.3 is 0 Å². The van der Waals surface area contributed by atoms with Crippen molar-refractivity contribution in [1.82, 2.24) is 5.01 Å². The second-order valence-electron chi connectivity index (χ2n) is 9.15. The molecule has 1 aliphatic heterocycles. The summed E-state index contributed by atoms with van der Waals surface area (Å²) in [6.07, 6.45) is 8.12. The van der Waals surface area contributed by atoms with Crippen molar-refractivity contribution in [2.24, 2.45) is 34.2 Å². The van der Waals surface area contributed by atoms with E-state index in [9.17, 15) is 9.59 Å². The van der Waals surface area contributed by atoms with E-state index in [-0.39, 0.29) is 40.9 Å². The van der Waals surface area contributed by atoms with Crippen LogP contribution in [0.25, 0.3) is 0 Å². The number of hydrazone groups is 1. The number of halogens is 3. The normalized spacial score (nSPS) is 28.4. The molecule has 0 aromatic heterocycles. The standard InChI is InChI=1S/C25H19Br2ClN2O3/c26-17-9-13(10-18(27)22(17)33-12-14-3-1-2-4-19(14)28)11-29-30-23(31)20-15-5-6-16(21(20)24(30)32)25(15)7-8-25/h1-6,9-11,15-16,20-21H,7-8,12H2/b29-11-/t15-,16-,20+,21+/m1/s1. The number of fused-ring (bicyclic) bond motifs is 3.